The highest BCUT2D eigenvalue weighted by atomic mass is 16.5. The molecular weight excluding hydrogens is 114 g/mol. The summed E-state index contributed by atoms with van der Waals surface area (Å²) in [5.41, 5.74) is 0. The molecule has 0 amide bonds. The predicted molar refractivity (Wildman–Crippen MR) is 37.2 cm³/mol. The fraction of sp³-hybridized carbons (Fsp3) is 1.00. The molecule has 0 aromatic carbocycles. The van der Waals surface area contributed by atoms with Crippen LogP contribution in [-0.4, -0.2) is 19.9 Å². The van der Waals surface area contributed by atoms with Gasteiger partial charge in [-0.2, -0.15) is 0 Å². The van der Waals surface area contributed by atoms with E-state index in [1.54, 1.807) is 7.11 Å². The van der Waals surface area contributed by atoms with Gasteiger partial charge in [0.2, 0.25) is 0 Å². The Hall–Kier alpha value is -0.0800. The van der Waals surface area contributed by atoms with Crippen LogP contribution < -0.4 is 5.32 Å². The van der Waals surface area contributed by atoms with E-state index in [1.165, 1.54) is 6.42 Å². The van der Waals surface area contributed by atoms with Crippen molar-refractivity contribution in [3.05, 3.63) is 0 Å². The molecule has 1 unspecified atom stereocenters. The van der Waals surface area contributed by atoms with Gasteiger partial charge in [0.1, 0.15) is 6.23 Å². The number of piperidine rings is 1. The van der Waals surface area contributed by atoms with Gasteiger partial charge in [-0.3, -0.25) is 5.32 Å². The number of methoxy groups -OCH3 is 1. The number of hydrogen-bond acceptors (Lipinski definition) is 2. The second-order valence-corrected chi connectivity index (χ2v) is 2.82. The lowest BCUT2D eigenvalue weighted by Crippen LogP contribution is -2.38. The minimum atomic E-state index is 0.321. The van der Waals surface area contributed by atoms with E-state index in [2.05, 4.69) is 12.2 Å². The van der Waals surface area contributed by atoms with Gasteiger partial charge in [0.15, 0.2) is 0 Å². The third-order valence-corrected chi connectivity index (χ3v) is 1.90. The monoisotopic (exact) mass is 129 g/mol. The summed E-state index contributed by atoms with van der Waals surface area (Å²) in [6, 6.07) is 0. The SMILES string of the molecule is COC1CC[C@@H](C)CN1. The van der Waals surface area contributed by atoms with Crippen molar-refractivity contribution in [3.63, 3.8) is 0 Å². The normalized spacial score (nSPS) is 36.7. The fourth-order valence-corrected chi connectivity index (χ4v) is 1.17. The van der Waals surface area contributed by atoms with Gasteiger partial charge in [0.25, 0.3) is 0 Å². The Morgan fingerprint density at radius 1 is 1.44 bits per heavy atom. The number of rotatable bonds is 1. The topological polar surface area (TPSA) is 21.3 Å². The van der Waals surface area contributed by atoms with Crippen molar-refractivity contribution in [2.45, 2.75) is 26.0 Å². The highest BCUT2D eigenvalue weighted by Crippen LogP contribution is 2.12. The summed E-state index contributed by atoms with van der Waals surface area (Å²) in [4.78, 5) is 0. The molecule has 1 aliphatic heterocycles. The summed E-state index contributed by atoms with van der Waals surface area (Å²) < 4.78 is 5.13. The van der Waals surface area contributed by atoms with Crippen molar-refractivity contribution in [1.29, 1.82) is 0 Å². The van der Waals surface area contributed by atoms with Crippen molar-refractivity contribution in [3.8, 4) is 0 Å². The average molecular weight is 129 g/mol. The maximum absolute atomic E-state index is 5.13. The van der Waals surface area contributed by atoms with Crippen molar-refractivity contribution in [1.82, 2.24) is 5.32 Å². The molecule has 1 heterocycles. The molecule has 0 saturated carbocycles. The second kappa shape index (κ2) is 3.18. The summed E-state index contributed by atoms with van der Waals surface area (Å²) in [6.45, 7) is 3.37. The van der Waals surface area contributed by atoms with E-state index >= 15 is 0 Å². The zero-order valence-electron chi connectivity index (χ0n) is 6.18. The Bertz CT molecular complexity index is 77.0. The van der Waals surface area contributed by atoms with Crippen LogP contribution in [0.25, 0.3) is 0 Å². The third kappa shape index (κ3) is 1.95. The van der Waals surface area contributed by atoms with Gasteiger partial charge in [-0.25, -0.2) is 0 Å². The molecular formula is C7H15NO. The molecule has 1 fully saturated rings. The first-order valence-corrected chi connectivity index (χ1v) is 3.59. The van der Waals surface area contributed by atoms with Crippen LogP contribution in [0.4, 0.5) is 0 Å². The second-order valence-electron chi connectivity index (χ2n) is 2.82. The predicted octanol–water partition coefficient (Wildman–Crippen LogP) is 0.978. The lowest BCUT2D eigenvalue weighted by atomic mass is 10.0. The Morgan fingerprint density at radius 3 is 2.67 bits per heavy atom. The largest absolute Gasteiger partial charge is 0.367 e. The molecule has 2 atom stereocenters. The zero-order chi connectivity index (χ0) is 6.69. The summed E-state index contributed by atoms with van der Waals surface area (Å²) in [7, 11) is 1.76. The molecule has 0 aliphatic carbocycles. The molecule has 2 heteroatoms. The highest BCUT2D eigenvalue weighted by Gasteiger charge is 2.15. The summed E-state index contributed by atoms with van der Waals surface area (Å²) >= 11 is 0. The molecule has 0 radical (unpaired) electrons. The Kier molecular flexibility index (Phi) is 2.49. The number of hydrogen-bond donors (Lipinski definition) is 1. The first-order chi connectivity index (χ1) is 4.33. The molecule has 0 aromatic heterocycles. The number of nitrogens with one attached hydrogen (secondary N) is 1. The van der Waals surface area contributed by atoms with Crippen LogP contribution in [0.2, 0.25) is 0 Å². The van der Waals surface area contributed by atoms with E-state index in [9.17, 15) is 0 Å². The van der Waals surface area contributed by atoms with Crippen LogP contribution >= 0.6 is 0 Å². The van der Waals surface area contributed by atoms with E-state index in [0.717, 1.165) is 18.9 Å². The van der Waals surface area contributed by atoms with Gasteiger partial charge in [-0.1, -0.05) is 6.92 Å². The molecule has 9 heavy (non-hydrogen) atoms. The van der Waals surface area contributed by atoms with Gasteiger partial charge in [0.05, 0.1) is 0 Å². The molecule has 1 saturated heterocycles. The van der Waals surface area contributed by atoms with Gasteiger partial charge in [0, 0.05) is 13.7 Å². The van der Waals surface area contributed by atoms with Gasteiger partial charge in [-0.15, -0.1) is 0 Å². The van der Waals surface area contributed by atoms with Crippen molar-refractivity contribution in [2.24, 2.45) is 5.92 Å². The minimum Gasteiger partial charge on any atom is -0.367 e. The van der Waals surface area contributed by atoms with Crippen LogP contribution in [0.3, 0.4) is 0 Å². The maximum atomic E-state index is 5.13. The summed E-state index contributed by atoms with van der Waals surface area (Å²) in [6.07, 6.45) is 2.78. The van der Waals surface area contributed by atoms with Crippen LogP contribution in [0.15, 0.2) is 0 Å². The lowest BCUT2D eigenvalue weighted by Gasteiger charge is -2.26. The smallest absolute Gasteiger partial charge is 0.107 e. The Labute approximate surface area is 56.6 Å². The number of ether oxygens (including phenoxy) is 1. The summed E-state index contributed by atoms with van der Waals surface area (Å²) in [5, 5.41) is 3.30. The van der Waals surface area contributed by atoms with Crippen molar-refractivity contribution >= 4 is 0 Å². The molecule has 2 nitrogen and oxygen atoms in total. The van der Waals surface area contributed by atoms with Crippen LogP contribution in [-0.2, 0) is 4.74 Å². The highest BCUT2D eigenvalue weighted by molar-refractivity contribution is 4.68. The Morgan fingerprint density at radius 2 is 2.22 bits per heavy atom. The summed E-state index contributed by atoms with van der Waals surface area (Å²) in [5.74, 6) is 0.830. The molecule has 1 N–H and O–H groups in total. The van der Waals surface area contributed by atoms with E-state index in [0.29, 0.717) is 6.23 Å². The maximum Gasteiger partial charge on any atom is 0.107 e. The lowest BCUT2D eigenvalue weighted by molar-refractivity contribution is 0.0416. The van der Waals surface area contributed by atoms with Gasteiger partial charge in [-0.05, 0) is 18.8 Å². The minimum absolute atomic E-state index is 0.321. The third-order valence-electron chi connectivity index (χ3n) is 1.90. The van der Waals surface area contributed by atoms with E-state index in [4.69, 9.17) is 4.74 Å². The van der Waals surface area contributed by atoms with Gasteiger partial charge >= 0.3 is 0 Å². The van der Waals surface area contributed by atoms with Crippen molar-refractivity contribution < 1.29 is 4.74 Å². The average Bonchev–Trinajstić information content (AvgIpc) is 1.90. The van der Waals surface area contributed by atoms with Crippen LogP contribution in [0.5, 0.6) is 0 Å². The van der Waals surface area contributed by atoms with E-state index in [1.807, 2.05) is 0 Å². The fourth-order valence-electron chi connectivity index (χ4n) is 1.17. The molecule has 0 spiro atoms. The Balaban J connectivity index is 2.18. The van der Waals surface area contributed by atoms with Gasteiger partial charge < -0.3 is 4.74 Å². The van der Waals surface area contributed by atoms with Crippen LogP contribution in [0, 0.1) is 5.92 Å². The van der Waals surface area contributed by atoms with E-state index in [-0.39, 0.29) is 0 Å². The first kappa shape index (κ1) is 7.03. The molecule has 54 valence electrons. The molecule has 1 aliphatic rings. The first-order valence-electron chi connectivity index (χ1n) is 3.59. The standard InChI is InChI=1S/C7H15NO/c1-6-3-4-7(9-2)8-5-6/h6-8H,3-5H2,1-2H3/t6-,7?/m1/s1. The molecule has 0 aromatic rings. The van der Waals surface area contributed by atoms with Crippen LogP contribution in [0.1, 0.15) is 19.8 Å². The molecule has 0 bridgehead atoms. The zero-order valence-corrected chi connectivity index (χ0v) is 6.18. The quantitative estimate of drug-likeness (QED) is 0.570. The van der Waals surface area contributed by atoms with Crippen molar-refractivity contribution in [2.75, 3.05) is 13.7 Å². The van der Waals surface area contributed by atoms with E-state index < -0.39 is 0 Å². The molecule has 1 rings (SSSR count).